The van der Waals surface area contributed by atoms with Crippen molar-refractivity contribution in [1.29, 1.82) is 0 Å². The Hall–Kier alpha value is -3.41. The van der Waals surface area contributed by atoms with Crippen molar-refractivity contribution in [2.24, 2.45) is 0 Å². The molecule has 0 aliphatic heterocycles. The predicted octanol–water partition coefficient (Wildman–Crippen LogP) is 4.15. The monoisotopic (exact) mass is 406 g/mol. The van der Waals surface area contributed by atoms with E-state index in [1.165, 1.54) is 5.56 Å². The van der Waals surface area contributed by atoms with Crippen LogP contribution in [-0.2, 0) is 16.0 Å². The van der Waals surface area contributed by atoms with Crippen LogP contribution in [0.5, 0.6) is 5.75 Å². The third-order valence-corrected chi connectivity index (χ3v) is 5.03. The molecule has 1 atom stereocenters. The summed E-state index contributed by atoms with van der Waals surface area (Å²) >= 11 is 0. The molecular weight excluding hydrogens is 380 g/mol. The molecule has 1 unspecified atom stereocenters. The van der Waals surface area contributed by atoms with E-state index >= 15 is 0 Å². The van der Waals surface area contributed by atoms with Gasteiger partial charge in [-0.15, -0.1) is 0 Å². The molecule has 0 saturated heterocycles. The lowest BCUT2D eigenvalue weighted by molar-refractivity contribution is -0.124. The normalized spacial score (nSPS) is 11.7. The minimum absolute atomic E-state index is 0.182. The van der Waals surface area contributed by atoms with Crippen LogP contribution in [0.1, 0.15) is 47.1 Å². The van der Waals surface area contributed by atoms with Crippen LogP contribution in [0.2, 0.25) is 0 Å². The van der Waals surface area contributed by atoms with Gasteiger partial charge in [0.2, 0.25) is 0 Å². The molecule has 6 heteroatoms. The zero-order chi connectivity index (χ0) is 21.7. The van der Waals surface area contributed by atoms with Crippen molar-refractivity contribution >= 4 is 22.8 Å². The number of esters is 1. The van der Waals surface area contributed by atoms with E-state index in [2.05, 4.69) is 17.2 Å². The van der Waals surface area contributed by atoms with E-state index in [1.807, 2.05) is 43.3 Å². The Labute approximate surface area is 176 Å². The summed E-state index contributed by atoms with van der Waals surface area (Å²) < 4.78 is 10.4. The number of aromatic nitrogens is 1. The average Bonchev–Trinajstić information content (AvgIpc) is 2.76. The van der Waals surface area contributed by atoms with Crippen LogP contribution in [0.3, 0.4) is 0 Å². The van der Waals surface area contributed by atoms with Crippen LogP contribution >= 0.6 is 0 Å². The van der Waals surface area contributed by atoms with Crippen LogP contribution < -0.4 is 10.1 Å². The predicted molar refractivity (Wildman–Crippen MR) is 116 cm³/mol. The van der Waals surface area contributed by atoms with Gasteiger partial charge in [0.1, 0.15) is 5.75 Å². The number of rotatable bonds is 7. The Morgan fingerprint density at radius 1 is 1.10 bits per heavy atom. The van der Waals surface area contributed by atoms with Crippen molar-refractivity contribution in [1.82, 2.24) is 10.3 Å². The molecular formula is C24H26N2O4. The van der Waals surface area contributed by atoms with Crippen molar-refractivity contribution in [3.63, 3.8) is 0 Å². The van der Waals surface area contributed by atoms with Crippen molar-refractivity contribution in [2.45, 2.75) is 33.2 Å². The first-order valence-electron chi connectivity index (χ1n) is 9.92. The molecule has 3 aromatic rings. The SMILES string of the molecule is CCc1ccc(C(C)NC(=O)COC(=O)c2cc3cc(OC)ccc3nc2C)cc1. The quantitative estimate of drug-likeness (QED) is 0.597. The lowest BCUT2D eigenvalue weighted by atomic mass is 10.1. The van der Waals surface area contributed by atoms with E-state index in [-0.39, 0.29) is 18.6 Å². The maximum atomic E-state index is 12.5. The van der Waals surface area contributed by atoms with Gasteiger partial charge in [0.05, 0.1) is 29.9 Å². The summed E-state index contributed by atoms with van der Waals surface area (Å²) in [5.41, 5.74) is 3.86. The number of carbonyl (C=O) groups is 2. The molecule has 1 aromatic heterocycles. The van der Waals surface area contributed by atoms with Crippen LogP contribution in [0.4, 0.5) is 0 Å². The number of hydrogen-bond acceptors (Lipinski definition) is 5. The number of nitrogens with one attached hydrogen (secondary N) is 1. The highest BCUT2D eigenvalue weighted by atomic mass is 16.5. The highest BCUT2D eigenvalue weighted by Crippen LogP contribution is 2.22. The van der Waals surface area contributed by atoms with Crippen LogP contribution in [-0.4, -0.2) is 30.6 Å². The van der Waals surface area contributed by atoms with Gasteiger partial charge in [0.25, 0.3) is 5.91 Å². The van der Waals surface area contributed by atoms with Crippen molar-refractivity contribution in [3.8, 4) is 5.75 Å². The molecule has 1 N–H and O–H groups in total. The average molecular weight is 406 g/mol. The lowest BCUT2D eigenvalue weighted by Crippen LogP contribution is -2.31. The largest absolute Gasteiger partial charge is 0.497 e. The van der Waals surface area contributed by atoms with Gasteiger partial charge in [-0.3, -0.25) is 9.78 Å². The number of aryl methyl sites for hydroxylation is 2. The third kappa shape index (κ3) is 4.95. The van der Waals surface area contributed by atoms with E-state index in [1.54, 1.807) is 26.2 Å². The molecule has 30 heavy (non-hydrogen) atoms. The van der Waals surface area contributed by atoms with E-state index in [4.69, 9.17) is 9.47 Å². The Morgan fingerprint density at radius 3 is 2.50 bits per heavy atom. The van der Waals surface area contributed by atoms with Gasteiger partial charge < -0.3 is 14.8 Å². The fourth-order valence-electron chi connectivity index (χ4n) is 3.20. The van der Waals surface area contributed by atoms with Gasteiger partial charge in [-0.2, -0.15) is 0 Å². The van der Waals surface area contributed by atoms with Crippen molar-refractivity contribution < 1.29 is 19.1 Å². The topological polar surface area (TPSA) is 77.5 Å². The Kier molecular flexibility index (Phi) is 6.67. The number of amides is 1. The second-order valence-corrected chi connectivity index (χ2v) is 7.14. The molecule has 0 saturated carbocycles. The zero-order valence-corrected chi connectivity index (χ0v) is 17.7. The van der Waals surface area contributed by atoms with Gasteiger partial charge in [-0.05, 0) is 55.7 Å². The molecule has 2 aromatic carbocycles. The van der Waals surface area contributed by atoms with E-state index in [9.17, 15) is 9.59 Å². The number of benzene rings is 2. The lowest BCUT2D eigenvalue weighted by Gasteiger charge is -2.15. The molecule has 156 valence electrons. The van der Waals surface area contributed by atoms with Gasteiger partial charge in [0, 0.05) is 5.39 Å². The molecule has 6 nitrogen and oxygen atoms in total. The summed E-state index contributed by atoms with van der Waals surface area (Å²) in [5.74, 6) is -0.267. The number of pyridine rings is 1. The number of nitrogens with zero attached hydrogens (tertiary/aromatic N) is 1. The first-order chi connectivity index (χ1) is 14.4. The Bertz CT molecular complexity index is 1060. The Morgan fingerprint density at radius 2 is 1.83 bits per heavy atom. The van der Waals surface area contributed by atoms with Crippen LogP contribution in [0.15, 0.2) is 48.5 Å². The fraction of sp³-hybridized carbons (Fsp3) is 0.292. The van der Waals surface area contributed by atoms with Gasteiger partial charge in [-0.1, -0.05) is 31.2 Å². The molecule has 1 heterocycles. The number of fused-ring (bicyclic) bond motifs is 1. The summed E-state index contributed by atoms with van der Waals surface area (Å²) in [5, 5.41) is 3.62. The smallest absolute Gasteiger partial charge is 0.340 e. The third-order valence-electron chi connectivity index (χ3n) is 5.03. The summed E-state index contributed by atoms with van der Waals surface area (Å²) in [6.45, 7) is 5.37. The number of hydrogen-bond donors (Lipinski definition) is 1. The zero-order valence-electron chi connectivity index (χ0n) is 17.7. The molecule has 0 bridgehead atoms. The van der Waals surface area contributed by atoms with Crippen LogP contribution in [0.25, 0.3) is 10.9 Å². The first kappa shape index (κ1) is 21.3. The fourth-order valence-corrected chi connectivity index (χ4v) is 3.20. The molecule has 3 rings (SSSR count). The second kappa shape index (κ2) is 9.39. The van der Waals surface area contributed by atoms with Crippen molar-refractivity contribution in [2.75, 3.05) is 13.7 Å². The Balaban J connectivity index is 1.62. The molecule has 0 fully saturated rings. The molecule has 0 spiro atoms. The summed E-state index contributed by atoms with van der Waals surface area (Å²) in [7, 11) is 1.58. The maximum Gasteiger partial charge on any atom is 0.340 e. The van der Waals surface area contributed by atoms with E-state index in [0.29, 0.717) is 17.0 Å². The van der Waals surface area contributed by atoms with E-state index in [0.717, 1.165) is 22.9 Å². The minimum atomic E-state index is -0.583. The standard InChI is InChI=1S/C24H26N2O4/c1-5-17-6-8-18(9-7-17)15(2)26-23(27)14-30-24(28)21-13-19-12-20(29-4)10-11-22(19)25-16(21)3/h6-13,15H,5,14H2,1-4H3,(H,26,27). The minimum Gasteiger partial charge on any atom is -0.497 e. The molecule has 0 aliphatic carbocycles. The first-order valence-corrected chi connectivity index (χ1v) is 9.92. The maximum absolute atomic E-state index is 12.5. The highest BCUT2D eigenvalue weighted by molar-refractivity contribution is 5.96. The summed E-state index contributed by atoms with van der Waals surface area (Å²) in [6, 6.07) is 15.0. The van der Waals surface area contributed by atoms with E-state index < -0.39 is 5.97 Å². The van der Waals surface area contributed by atoms with Crippen molar-refractivity contribution in [3.05, 3.63) is 70.9 Å². The molecule has 0 radical (unpaired) electrons. The molecule has 0 aliphatic rings. The highest BCUT2D eigenvalue weighted by Gasteiger charge is 2.16. The van der Waals surface area contributed by atoms with Gasteiger partial charge >= 0.3 is 5.97 Å². The van der Waals surface area contributed by atoms with Gasteiger partial charge in [0.15, 0.2) is 6.61 Å². The summed E-state index contributed by atoms with van der Waals surface area (Å²) in [6.07, 6.45) is 0.965. The molecule has 1 amide bonds. The van der Waals surface area contributed by atoms with Crippen LogP contribution in [0, 0.1) is 6.92 Å². The second-order valence-electron chi connectivity index (χ2n) is 7.14. The number of ether oxygens (including phenoxy) is 2. The van der Waals surface area contributed by atoms with Gasteiger partial charge in [-0.25, -0.2) is 4.79 Å². The summed E-state index contributed by atoms with van der Waals surface area (Å²) in [4.78, 5) is 29.2. The number of carbonyl (C=O) groups excluding carboxylic acids is 2. The number of methoxy groups -OCH3 is 1.